The van der Waals surface area contributed by atoms with E-state index in [2.05, 4.69) is 0 Å². The van der Waals surface area contributed by atoms with Gasteiger partial charge in [0, 0.05) is 6.54 Å². The summed E-state index contributed by atoms with van der Waals surface area (Å²) < 4.78 is 23.3. The Kier molecular flexibility index (Phi) is 5.86. The fourth-order valence-electron chi connectivity index (χ4n) is 1.70. The fourth-order valence-corrected chi connectivity index (χ4v) is 3.65. The minimum atomic E-state index is -3.18. The Morgan fingerprint density at radius 3 is 2.12 bits per heavy atom. The topological polar surface area (TPSA) is 61.5 Å². The zero-order valence-corrected chi connectivity index (χ0v) is 11.2. The lowest BCUT2D eigenvalue weighted by molar-refractivity contribution is 0.212. The fraction of sp³-hybridized carbons (Fsp3) is 0.500. The van der Waals surface area contributed by atoms with Gasteiger partial charge in [-0.15, -0.1) is 0 Å². The van der Waals surface area contributed by atoms with E-state index in [1.807, 2.05) is 30.3 Å². The van der Waals surface area contributed by atoms with Gasteiger partial charge in [-0.3, -0.25) is 4.57 Å². The highest BCUT2D eigenvalue weighted by atomic mass is 31.2. The van der Waals surface area contributed by atoms with Crippen molar-refractivity contribution in [3.63, 3.8) is 0 Å². The van der Waals surface area contributed by atoms with Crippen molar-refractivity contribution >= 4 is 7.60 Å². The maximum Gasteiger partial charge on any atom is 0.339 e. The van der Waals surface area contributed by atoms with E-state index >= 15 is 0 Å². The van der Waals surface area contributed by atoms with E-state index in [9.17, 15) is 4.57 Å². The average molecular weight is 257 g/mol. The van der Waals surface area contributed by atoms with Crippen LogP contribution in [0, 0.1) is 0 Å². The van der Waals surface area contributed by atoms with Gasteiger partial charge in [0.2, 0.25) is 0 Å². The lowest BCUT2D eigenvalue weighted by Crippen LogP contribution is -2.16. The van der Waals surface area contributed by atoms with Crippen LogP contribution in [0.1, 0.15) is 25.1 Å². The Morgan fingerprint density at radius 1 is 1.18 bits per heavy atom. The van der Waals surface area contributed by atoms with Crippen LogP contribution < -0.4 is 5.73 Å². The van der Waals surface area contributed by atoms with E-state index < -0.39 is 13.3 Å². The van der Waals surface area contributed by atoms with Gasteiger partial charge in [-0.2, -0.15) is 0 Å². The summed E-state index contributed by atoms with van der Waals surface area (Å²) in [6.45, 7) is 4.52. The molecular weight excluding hydrogens is 237 g/mol. The molecule has 0 aliphatic heterocycles. The highest BCUT2D eigenvalue weighted by Gasteiger charge is 2.35. The molecule has 0 aliphatic carbocycles. The van der Waals surface area contributed by atoms with Crippen LogP contribution in [0.5, 0.6) is 0 Å². The third kappa shape index (κ3) is 3.65. The molecule has 0 heterocycles. The Bertz CT molecular complexity index is 359. The molecule has 0 saturated heterocycles. The van der Waals surface area contributed by atoms with Crippen LogP contribution in [-0.2, 0) is 13.6 Å². The molecule has 0 aliphatic rings. The van der Waals surface area contributed by atoms with Crippen molar-refractivity contribution in [2.24, 2.45) is 5.73 Å². The molecule has 4 nitrogen and oxygen atoms in total. The third-order valence-electron chi connectivity index (χ3n) is 2.41. The molecular formula is C12H20NO3P. The van der Waals surface area contributed by atoms with Crippen LogP contribution in [0.25, 0.3) is 0 Å². The minimum absolute atomic E-state index is 0.237. The maximum absolute atomic E-state index is 12.6. The van der Waals surface area contributed by atoms with E-state index in [-0.39, 0.29) is 6.54 Å². The quantitative estimate of drug-likeness (QED) is 0.763. The maximum atomic E-state index is 12.6. The summed E-state index contributed by atoms with van der Waals surface area (Å²) in [5.74, 6) is 0. The first-order chi connectivity index (χ1) is 8.18. The van der Waals surface area contributed by atoms with Gasteiger partial charge in [0.1, 0.15) is 0 Å². The summed E-state index contributed by atoms with van der Waals surface area (Å²) in [7, 11) is -3.18. The summed E-state index contributed by atoms with van der Waals surface area (Å²) in [5.41, 5.74) is 6.21. The first kappa shape index (κ1) is 14.4. The Balaban J connectivity index is 3.01. The van der Waals surface area contributed by atoms with E-state index in [1.54, 1.807) is 13.8 Å². The second-order valence-electron chi connectivity index (χ2n) is 3.54. The van der Waals surface area contributed by atoms with E-state index in [4.69, 9.17) is 14.8 Å². The number of hydrogen-bond donors (Lipinski definition) is 1. The minimum Gasteiger partial charge on any atom is -0.329 e. The molecule has 1 rings (SSSR count). The Hall–Kier alpha value is -0.670. The molecule has 1 atom stereocenters. The Morgan fingerprint density at radius 2 is 1.71 bits per heavy atom. The molecule has 1 unspecified atom stereocenters. The standard InChI is InChI=1S/C12H20NO3P/c1-3-15-17(14,16-4-2)12(10-13)11-8-6-5-7-9-11/h5-9,12H,3-4,10,13H2,1-2H3. The second kappa shape index (κ2) is 6.92. The zero-order chi connectivity index (χ0) is 12.7. The first-order valence-electron chi connectivity index (χ1n) is 5.81. The molecule has 0 spiro atoms. The van der Waals surface area contributed by atoms with Crippen molar-refractivity contribution in [3.8, 4) is 0 Å². The summed E-state index contributed by atoms with van der Waals surface area (Å²) in [6, 6.07) is 9.47. The number of rotatable bonds is 7. The highest BCUT2D eigenvalue weighted by Crippen LogP contribution is 2.60. The van der Waals surface area contributed by atoms with Crippen LogP contribution in [0.2, 0.25) is 0 Å². The smallest absolute Gasteiger partial charge is 0.329 e. The van der Waals surface area contributed by atoms with Crippen molar-refractivity contribution in [2.45, 2.75) is 19.5 Å². The molecule has 0 radical (unpaired) electrons. The van der Waals surface area contributed by atoms with Gasteiger partial charge in [0.05, 0.1) is 18.9 Å². The zero-order valence-electron chi connectivity index (χ0n) is 10.3. The van der Waals surface area contributed by atoms with Crippen LogP contribution in [0.3, 0.4) is 0 Å². The molecule has 2 N–H and O–H groups in total. The molecule has 0 aromatic heterocycles. The van der Waals surface area contributed by atoms with Crippen LogP contribution in [0.15, 0.2) is 30.3 Å². The molecule has 5 heteroatoms. The predicted octanol–water partition coefficient (Wildman–Crippen LogP) is 2.95. The van der Waals surface area contributed by atoms with Crippen molar-refractivity contribution in [1.29, 1.82) is 0 Å². The van der Waals surface area contributed by atoms with Gasteiger partial charge in [-0.25, -0.2) is 0 Å². The van der Waals surface area contributed by atoms with Crippen LogP contribution >= 0.6 is 7.60 Å². The van der Waals surface area contributed by atoms with Gasteiger partial charge >= 0.3 is 7.60 Å². The first-order valence-corrected chi connectivity index (χ1v) is 7.43. The molecule has 0 fully saturated rings. The highest BCUT2D eigenvalue weighted by molar-refractivity contribution is 7.54. The van der Waals surface area contributed by atoms with Crippen LogP contribution in [0.4, 0.5) is 0 Å². The number of benzene rings is 1. The van der Waals surface area contributed by atoms with Crippen molar-refractivity contribution in [3.05, 3.63) is 35.9 Å². The van der Waals surface area contributed by atoms with Crippen LogP contribution in [-0.4, -0.2) is 19.8 Å². The van der Waals surface area contributed by atoms with Crippen molar-refractivity contribution < 1.29 is 13.6 Å². The molecule has 0 amide bonds. The molecule has 1 aromatic carbocycles. The molecule has 96 valence electrons. The SMILES string of the molecule is CCOP(=O)(OCC)C(CN)c1ccccc1. The van der Waals surface area contributed by atoms with Crippen molar-refractivity contribution in [2.75, 3.05) is 19.8 Å². The molecule has 17 heavy (non-hydrogen) atoms. The predicted molar refractivity (Wildman–Crippen MR) is 69.1 cm³/mol. The number of hydrogen-bond acceptors (Lipinski definition) is 4. The van der Waals surface area contributed by atoms with Gasteiger partial charge < -0.3 is 14.8 Å². The summed E-state index contributed by atoms with van der Waals surface area (Å²) in [5, 5.41) is 0. The Labute approximate surface area is 103 Å². The van der Waals surface area contributed by atoms with E-state index in [1.165, 1.54) is 0 Å². The van der Waals surface area contributed by atoms with Gasteiger partial charge in [-0.05, 0) is 19.4 Å². The van der Waals surface area contributed by atoms with Gasteiger partial charge in [-0.1, -0.05) is 30.3 Å². The normalized spacial score (nSPS) is 13.6. The molecule has 1 aromatic rings. The monoisotopic (exact) mass is 257 g/mol. The van der Waals surface area contributed by atoms with E-state index in [0.29, 0.717) is 13.2 Å². The van der Waals surface area contributed by atoms with Gasteiger partial charge in [0.25, 0.3) is 0 Å². The number of nitrogens with two attached hydrogens (primary N) is 1. The lowest BCUT2D eigenvalue weighted by Gasteiger charge is -2.25. The third-order valence-corrected chi connectivity index (χ3v) is 4.92. The van der Waals surface area contributed by atoms with Gasteiger partial charge in [0.15, 0.2) is 0 Å². The summed E-state index contributed by atoms with van der Waals surface area (Å²) in [6.07, 6.45) is 0. The molecule has 0 saturated carbocycles. The summed E-state index contributed by atoms with van der Waals surface area (Å²) >= 11 is 0. The lowest BCUT2D eigenvalue weighted by atomic mass is 10.1. The second-order valence-corrected chi connectivity index (χ2v) is 5.76. The summed E-state index contributed by atoms with van der Waals surface area (Å²) in [4.78, 5) is 0. The largest absolute Gasteiger partial charge is 0.339 e. The molecule has 0 bridgehead atoms. The average Bonchev–Trinajstić information content (AvgIpc) is 2.31. The van der Waals surface area contributed by atoms with E-state index in [0.717, 1.165) is 5.56 Å². The van der Waals surface area contributed by atoms with Crippen molar-refractivity contribution in [1.82, 2.24) is 0 Å².